The van der Waals surface area contributed by atoms with Crippen molar-refractivity contribution in [3.8, 4) is 11.3 Å². The molecule has 6 heteroatoms. The predicted molar refractivity (Wildman–Crippen MR) is 118 cm³/mol. The van der Waals surface area contributed by atoms with Crippen LogP contribution in [0.25, 0.3) is 11.3 Å². The first kappa shape index (κ1) is 19.8. The van der Waals surface area contributed by atoms with Crippen molar-refractivity contribution in [2.24, 2.45) is 7.05 Å². The number of hydrogen-bond donors (Lipinski definition) is 1. The Labute approximate surface area is 179 Å². The third-order valence-electron chi connectivity index (χ3n) is 7.24. The number of aryl methyl sites for hydroxylation is 1. The lowest BCUT2D eigenvalue weighted by Crippen LogP contribution is -2.52. The highest BCUT2D eigenvalue weighted by molar-refractivity contribution is 5.82. The molecule has 3 aliphatic rings. The number of nitrogens with zero attached hydrogens (tertiary/aromatic N) is 4. The van der Waals surface area contributed by atoms with Crippen LogP contribution in [-0.2, 0) is 24.7 Å². The molecule has 5 rings (SSSR count). The minimum Gasteiger partial charge on any atom is -0.341 e. The Morgan fingerprint density at radius 1 is 1.03 bits per heavy atom. The van der Waals surface area contributed by atoms with E-state index in [1.54, 1.807) is 0 Å². The van der Waals surface area contributed by atoms with E-state index in [2.05, 4.69) is 39.4 Å². The molecule has 2 aromatic rings. The second-order valence-corrected chi connectivity index (χ2v) is 8.97. The molecule has 0 aliphatic carbocycles. The van der Waals surface area contributed by atoms with Gasteiger partial charge in [0.2, 0.25) is 5.91 Å². The molecule has 0 radical (unpaired) electrons. The van der Waals surface area contributed by atoms with Gasteiger partial charge in [-0.25, -0.2) is 0 Å². The number of hydrogen-bond acceptors (Lipinski definition) is 4. The highest BCUT2D eigenvalue weighted by Crippen LogP contribution is 2.30. The van der Waals surface area contributed by atoms with Gasteiger partial charge in [0.1, 0.15) is 0 Å². The number of likely N-dealkylation sites (tertiary alicyclic amines) is 1. The van der Waals surface area contributed by atoms with Crippen LogP contribution in [0.5, 0.6) is 0 Å². The van der Waals surface area contributed by atoms with E-state index in [0.29, 0.717) is 11.9 Å². The first-order valence-electron chi connectivity index (χ1n) is 11.6. The van der Waals surface area contributed by atoms with Crippen LogP contribution in [0.3, 0.4) is 0 Å². The minimum atomic E-state index is 0.0843. The summed E-state index contributed by atoms with van der Waals surface area (Å²) in [6, 6.07) is 11.1. The lowest BCUT2D eigenvalue weighted by molar-refractivity contribution is -0.136. The maximum absolute atomic E-state index is 13.6. The van der Waals surface area contributed by atoms with E-state index >= 15 is 0 Å². The summed E-state index contributed by atoms with van der Waals surface area (Å²) in [7, 11) is 2.04. The van der Waals surface area contributed by atoms with Gasteiger partial charge in [0.15, 0.2) is 0 Å². The molecule has 0 bridgehead atoms. The van der Waals surface area contributed by atoms with Crippen molar-refractivity contribution in [2.75, 3.05) is 32.7 Å². The van der Waals surface area contributed by atoms with Crippen molar-refractivity contribution >= 4 is 5.91 Å². The van der Waals surface area contributed by atoms with Crippen LogP contribution in [0.15, 0.2) is 30.3 Å². The maximum atomic E-state index is 13.6. The van der Waals surface area contributed by atoms with E-state index in [0.717, 1.165) is 64.1 Å². The molecular formula is C24H33N5O. The highest BCUT2D eigenvalue weighted by atomic mass is 16.2. The molecule has 0 unspecified atom stereocenters. The van der Waals surface area contributed by atoms with Gasteiger partial charge in [0.05, 0.1) is 11.7 Å². The molecule has 1 aromatic heterocycles. The molecule has 6 nitrogen and oxygen atoms in total. The lowest BCUT2D eigenvalue weighted by atomic mass is 10.0. The van der Waals surface area contributed by atoms with Crippen LogP contribution in [0, 0.1) is 0 Å². The summed E-state index contributed by atoms with van der Waals surface area (Å²) in [4.78, 5) is 18.2. The summed E-state index contributed by atoms with van der Waals surface area (Å²) >= 11 is 0. The van der Waals surface area contributed by atoms with E-state index in [1.807, 2.05) is 17.8 Å². The van der Waals surface area contributed by atoms with E-state index in [4.69, 9.17) is 5.10 Å². The third kappa shape index (κ3) is 3.67. The van der Waals surface area contributed by atoms with Crippen LogP contribution in [-0.4, -0.2) is 70.3 Å². The van der Waals surface area contributed by atoms with Crippen LogP contribution in [0.2, 0.25) is 0 Å². The van der Waals surface area contributed by atoms with Crippen LogP contribution in [0.1, 0.15) is 36.9 Å². The maximum Gasteiger partial charge on any atom is 0.239 e. The average Bonchev–Trinajstić information content (AvgIpc) is 3.33. The standard InChI is InChI=1S/C24H33N5O/c1-27-21-12-17-28(16-11-20(21)23(26-27)18-6-3-2-4-7-18)24(30)22-8-5-15-29(22)19-9-13-25-14-10-19/h2-4,6-7,19,22,25H,5,8-17H2,1H3/t22-/m0/s1. The molecule has 4 heterocycles. The topological polar surface area (TPSA) is 53.4 Å². The summed E-state index contributed by atoms with van der Waals surface area (Å²) in [5.41, 5.74) is 4.85. The van der Waals surface area contributed by atoms with E-state index in [-0.39, 0.29) is 6.04 Å². The summed E-state index contributed by atoms with van der Waals surface area (Å²) in [5, 5.41) is 8.28. The van der Waals surface area contributed by atoms with Crippen molar-refractivity contribution in [3.63, 3.8) is 0 Å². The largest absolute Gasteiger partial charge is 0.341 e. The number of rotatable bonds is 3. The summed E-state index contributed by atoms with van der Waals surface area (Å²) < 4.78 is 2.03. The van der Waals surface area contributed by atoms with Crippen LogP contribution >= 0.6 is 0 Å². The SMILES string of the molecule is Cn1nc(-c2ccccc2)c2c1CCN(C(=O)[C@@H]1CCCN1C1CCNCC1)CC2. The van der Waals surface area contributed by atoms with Crippen molar-refractivity contribution in [2.45, 2.75) is 50.6 Å². The number of benzene rings is 1. The van der Waals surface area contributed by atoms with Gasteiger partial charge in [-0.2, -0.15) is 5.10 Å². The van der Waals surface area contributed by atoms with Crippen LogP contribution in [0.4, 0.5) is 0 Å². The second-order valence-electron chi connectivity index (χ2n) is 8.97. The first-order valence-corrected chi connectivity index (χ1v) is 11.6. The number of carbonyl (C=O) groups is 1. The summed E-state index contributed by atoms with van der Waals surface area (Å²) in [6.07, 6.45) is 6.28. The molecule has 1 amide bonds. The van der Waals surface area contributed by atoms with Crippen molar-refractivity contribution in [3.05, 3.63) is 41.6 Å². The van der Waals surface area contributed by atoms with Crippen molar-refractivity contribution < 1.29 is 4.79 Å². The second kappa shape index (κ2) is 8.52. The number of nitrogens with one attached hydrogen (secondary N) is 1. The molecule has 3 aliphatic heterocycles. The van der Waals surface area contributed by atoms with Crippen molar-refractivity contribution in [1.82, 2.24) is 24.9 Å². The molecule has 30 heavy (non-hydrogen) atoms. The van der Waals surface area contributed by atoms with Gasteiger partial charge < -0.3 is 10.2 Å². The molecule has 160 valence electrons. The number of fused-ring (bicyclic) bond motifs is 1. The number of piperidine rings is 1. The molecule has 1 N–H and O–H groups in total. The average molecular weight is 408 g/mol. The fourth-order valence-electron chi connectivity index (χ4n) is 5.67. The molecule has 2 saturated heterocycles. The summed E-state index contributed by atoms with van der Waals surface area (Å²) in [5.74, 6) is 0.355. The molecule has 0 spiro atoms. The third-order valence-corrected chi connectivity index (χ3v) is 7.24. The first-order chi connectivity index (χ1) is 14.7. The van der Waals surface area contributed by atoms with Gasteiger partial charge in [0.25, 0.3) is 0 Å². The number of aromatic nitrogens is 2. The zero-order chi connectivity index (χ0) is 20.5. The summed E-state index contributed by atoms with van der Waals surface area (Å²) in [6.45, 7) is 4.84. The van der Waals surface area contributed by atoms with Gasteiger partial charge in [-0.05, 0) is 51.7 Å². The smallest absolute Gasteiger partial charge is 0.239 e. The van der Waals surface area contributed by atoms with Gasteiger partial charge >= 0.3 is 0 Å². The highest BCUT2D eigenvalue weighted by Gasteiger charge is 2.38. The predicted octanol–water partition coefficient (Wildman–Crippen LogP) is 2.23. The number of carbonyl (C=O) groups excluding carboxylic acids is 1. The molecule has 0 saturated carbocycles. The van der Waals surface area contributed by atoms with Gasteiger partial charge in [0, 0.05) is 49.4 Å². The van der Waals surface area contributed by atoms with Gasteiger partial charge in [-0.3, -0.25) is 14.4 Å². The lowest BCUT2D eigenvalue weighted by Gasteiger charge is -2.37. The minimum absolute atomic E-state index is 0.0843. The Morgan fingerprint density at radius 3 is 2.60 bits per heavy atom. The quantitative estimate of drug-likeness (QED) is 0.848. The monoisotopic (exact) mass is 407 g/mol. The van der Waals surface area contributed by atoms with Gasteiger partial charge in [-0.1, -0.05) is 30.3 Å². The fourth-order valence-corrected chi connectivity index (χ4v) is 5.67. The van der Waals surface area contributed by atoms with Gasteiger partial charge in [-0.15, -0.1) is 0 Å². The van der Waals surface area contributed by atoms with Crippen LogP contribution < -0.4 is 5.32 Å². The molecule has 1 aromatic carbocycles. The zero-order valence-corrected chi connectivity index (χ0v) is 18.0. The Bertz CT molecular complexity index is 887. The van der Waals surface area contributed by atoms with Crippen molar-refractivity contribution in [1.29, 1.82) is 0 Å². The molecular weight excluding hydrogens is 374 g/mol. The Balaban J connectivity index is 1.32. The van der Waals surface area contributed by atoms with E-state index in [9.17, 15) is 4.79 Å². The molecule has 1 atom stereocenters. The zero-order valence-electron chi connectivity index (χ0n) is 18.0. The Kier molecular flexibility index (Phi) is 5.61. The Morgan fingerprint density at radius 2 is 1.80 bits per heavy atom. The fraction of sp³-hybridized carbons (Fsp3) is 0.583. The normalized spacial score (nSPS) is 23.4. The van der Waals surface area contributed by atoms with E-state index < -0.39 is 0 Å². The molecule has 2 fully saturated rings. The van der Waals surface area contributed by atoms with E-state index in [1.165, 1.54) is 29.7 Å². The number of amides is 1. The Hall–Kier alpha value is -2.18.